The number of nitriles is 1. The SMILES string of the molecule is Cc1ccc(C)c(C(=O)O[C@@H](C)C(=O)Nc2cccc(C#N)c2)c1. The molecule has 0 aliphatic rings. The van der Waals surface area contributed by atoms with Crippen molar-refractivity contribution in [3.63, 3.8) is 0 Å². The number of benzene rings is 2. The zero-order valence-electron chi connectivity index (χ0n) is 13.8. The normalized spacial score (nSPS) is 11.2. The Balaban J connectivity index is 2.04. The van der Waals surface area contributed by atoms with Crippen molar-refractivity contribution in [1.29, 1.82) is 5.26 Å². The highest BCUT2D eigenvalue weighted by atomic mass is 16.5. The summed E-state index contributed by atoms with van der Waals surface area (Å²) in [7, 11) is 0. The van der Waals surface area contributed by atoms with Crippen LogP contribution in [0.25, 0.3) is 0 Å². The van der Waals surface area contributed by atoms with Gasteiger partial charge in [-0.05, 0) is 50.6 Å². The van der Waals surface area contributed by atoms with Crippen LogP contribution in [-0.2, 0) is 9.53 Å². The van der Waals surface area contributed by atoms with Crippen LogP contribution in [0, 0.1) is 25.2 Å². The maximum atomic E-state index is 12.2. The van der Waals surface area contributed by atoms with Crippen molar-refractivity contribution in [2.24, 2.45) is 0 Å². The van der Waals surface area contributed by atoms with Gasteiger partial charge in [-0.3, -0.25) is 4.79 Å². The van der Waals surface area contributed by atoms with E-state index in [1.807, 2.05) is 32.0 Å². The molecule has 1 amide bonds. The lowest BCUT2D eigenvalue weighted by atomic mass is 10.1. The molecule has 0 aliphatic carbocycles. The van der Waals surface area contributed by atoms with Crippen molar-refractivity contribution < 1.29 is 14.3 Å². The molecule has 0 aliphatic heterocycles. The first kappa shape index (κ1) is 17.2. The van der Waals surface area contributed by atoms with Gasteiger partial charge in [-0.25, -0.2) is 4.79 Å². The summed E-state index contributed by atoms with van der Waals surface area (Å²) in [5.41, 5.74) is 3.10. The Hall–Kier alpha value is -3.13. The second kappa shape index (κ2) is 7.42. The van der Waals surface area contributed by atoms with E-state index in [0.717, 1.165) is 11.1 Å². The fourth-order valence-electron chi connectivity index (χ4n) is 2.14. The van der Waals surface area contributed by atoms with Crippen LogP contribution in [-0.4, -0.2) is 18.0 Å². The first-order valence-electron chi connectivity index (χ1n) is 7.50. The van der Waals surface area contributed by atoms with Gasteiger partial charge in [0, 0.05) is 5.69 Å². The van der Waals surface area contributed by atoms with Crippen LogP contribution in [0.2, 0.25) is 0 Å². The Bertz CT molecular complexity index is 822. The third-order valence-corrected chi connectivity index (χ3v) is 3.53. The summed E-state index contributed by atoms with van der Waals surface area (Å²) >= 11 is 0. The van der Waals surface area contributed by atoms with Crippen LogP contribution in [0.1, 0.15) is 34.0 Å². The zero-order chi connectivity index (χ0) is 17.7. The molecule has 0 bridgehead atoms. The molecular formula is C19H18N2O3. The van der Waals surface area contributed by atoms with E-state index < -0.39 is 18.0 Å². The van der Waals surface area contributed by atoms with E-state index >= 15 is 0 Å². The van der Waals surface area contributed by atoms with E-state index in [4.69, 9.17) is 10.00 Å². The fraction of sp³-hybridized carbons (Fsp3) is 0.211. The highest BCUT2D eigenvalue weighted by molar-refractivity contribution is 5.98. The number of carbonyl (C=O) groups is 2. The molecule has 0 saturated carbocycles. The molecule has 0 unspecified atom stereocenters. The number of rotatable bonds is 4. The van der Waals surface area contributed by atoms with Gasteiger partial charge >= 0.3 is 5.97 Å². The van der Waals surface area contributed by atoms with Crippen LogP contribution in [0.3, 0.4) is 0 Å². The monoisotopic (exact) mass is 322 g/mol. The Morgan fingerprint density at radius 1 is 1.17 bits per heavy atom. The minimum absolute atomic E-state index is 0.438. The molecule has 0 heterocycles. The molecule has 0 spiro atoms. The van der Waals surface area contributed by atoms with Crippen molar-refractivity contribution in [2.75, 3.05) is 5.32 Å². The van der Waals surface area contributed by atoms with Crippen molar-refractivity contribution in [3.05, 3.63) is 64.7 Å². The molecule has 2 aromatic carbocycles. The van der Waals surface area contributed by atoms with Crippen LogP contribution in [0.15, 0.2) is 42.5 Å². The summed E-state index contributed by atoms with van der Waals surface area (Å²) in [6, 6.07) is 14.0. The van der Waals surface area contributed by atoms with E-state index in [1.165, 1.54) is 6.92 Å². The van der Waals surface area contributed by atoms with Crippen LogP contribution in [0.5, 0.6) is 0 Å². The van der Waals surface area contributed by atoms with Crippen LogP contribution >= 0.6 is 0 Å². The topological polar surface area (TPSA) is 79.2 Å². The summed E-state index contributed by atoms with van der Waals surface area (Å²) in [6.45, 7) is 5.20. The number of anilines is 1. The first-order chi connectivity index (χ1) is 11.4. The number of nitrogens with one attached hydrogen (secondary N) is 1. The smallest absolute Gasteiger partial charge is 0.339 e. The summed E-state index contributed by atoms with van der Waals surface area (Å²) in [6.07, 6.45) is -0.955. The molecular weight excluding hydrogens is 304 g/mol. The number of amides is 1. The Labute approximate surface area is 140 Å². The molecule has 0 radical (unpaired) electrons. The lowest BCUT2D eigenvalue weighted by Gasteiger charge is -2.14. The third-order valence-electron chi connectivity index (χ3n) is 3.53. The van der Waals surface area contributed by atoms with Gasteiger partial charge in [0.1, 0.15) is 0 Å². The minimum Gasteiger partial charge on any atom is -0.449 e. The molecule has 2 rings (SSSR count). The number of ether oxygens (including phenoxy) is 1. The van der Waals surface area contributed by atoms with Crippen molar-refractivity contribution >= 4 is 17.6 Å². The fourth-order valence-corrected chi connectivity index (χ4v) is 2.14. The van der Waals surface area contributed by atoms with Gasteiger partial charge in [0.25, 0.3) is 5.91 Å². The second-order valence-corrected chi connectivity index (χ2v) is 5.55. The maximum Gasteiger partial charge on any atom is 0.339 e. The lowest BCUT2D eigenvalue weighted by Crippen LogP contribution is -2.30. The summed E-state index contributed by atoms with van der Waals surface area (Å²) < 4.78 is 5.25. The highest BCUT2D eigenvalue weighted by Gasteiger charge is 2.20. The molecule has 1 atom stereocenters. The summed E-state index contributed by atoms with van der Waals surface area (Å²) in [5.74, 6) is -0.992. The lowest BCUT2D eigenvalue weighted by molar-refractivity contribution is -0.123. The molecule has 0 fully saturated rings. The largest absolute Gasteiger partial charge is 0.449 e. The molecule has 1 N–H and O–H groups in total. The number of nitrogens with zero attached hydrogens (tertiary/aromatic N) is 1. The van der Waals surface area contributed by atoms with E-state index in [-0.39, 0.29) is 0 Å². The highest BCUT2D eigenvalue weighted by Crippen LogP contribution is 2.14. The number of aryl methyl sites for hydroxylation is 2. The molecule has 122 valence electrons. The first-order valence-corrected chi connectivity index (χ1v) is 7.50. The van der Waals surface area contributed by atoms with Gasteiger partial charge in [-0.1, -0.05) is 23.8 Å². The number of esters is 1. The zero-order valence-corrected chi connectivity index (χ0v) is 13.8. The third kappa shape index (κ3) is 4.20. The van der Waals surface area contributed by atoms with E-state index in [9.17, 15) is 9.59 Å². The maximum absolute atomic E-state index is 12.2. The van der Waals surface area contributed by atoms with E-state index in [1.54, 1.807) is 30.3 Å². The Kier molecular flexibility index (Phi) is 5.33. The van der Waals surface area contributed by atoms with Gasteiger partial charge in [-0.2, -0.15) is 5.26 Å². The average Bonchev–Trinajstić information content (AvgIpc) is 2.57. The predicted molar refractivity (Wildman–Crippen MR) is 90.6 cm³/mol. The predicted octanol–water partition coefficient (Wildman–Crippen LogP) is 3.36. The quantitative estimate of drug-likeness (QED) is 0.875. The van der Waals surface area contributed by atoms with Crippen molar-refractivity contribution in [2.45, 2.75) is 26.9 Å². The molecule has 0 saturated heterocycles. The Morgan fingerprint density at radius 2 is 1.92 bits per heavy atom. The van der Waals surface area contributed by atoms with Crippen molar-refractivity contribution in [1.82, 2.24) is 0 Å². The average molecular weight is 322 g/mol. The summed E-state index contributed by atoms with van der Waals surface area (Å²) in [4.78, 5) is 24.4. The number of hydrogen-bond donors (Lipinski definition) is 1. The molecule has 5 heteroatoms. The molecule has 24 heavy (non-hydrogen) atoms. The van der Waals surface area contributed by atoms with Gasteiger partial charge < -0.3 is 10.1 Å². The second-order valence-electron chi connectivity index (χ2n) is 5.55. The Morgan fingerprint density at radius 3 is 2.62 bits per heavy atom. The van der Waals surface area contributed by atoms with Crippen LogP contribution in [0.4, 0.5) is 5.69 Å². The molecule has 2 aromatic rings. The van der Waals surface area contributed by atoms with Gasteiger partial charge in [0.15, 0.2) is 6.10 Å². The standard InChI is InChI=1S/C19H18N2O3/c1-12-7-8-13(2)17(9-12)19(23)24-14(3)18(22)21-16-6-4-5-15(10-16)11-20/h4-10,14H,1-3H3,(H,21,22)/t14-/m0/s1. The van der Waals surface area contributed by atoms with Gasteiger partial charge in [0.2, 0.25) is 0 Å². The van der Waals surface area contributed by atoms with E-state index in [0.29, 0.717) is 16.8 Å². The number of hydrogen-bond acceptors (Lipinski definition) is 4. The van der Waals surface area contributed by atoms with Gasteiger partial charge in [-0.15, -0.1) is 0 Å². The van der Waals surface area contributed by atoms with Gasteiger partial charge in [0.05, 0.1) is 17.2 Å². The number of carbonyl (C=O) groups excluding carboxylic acids is 2. The van der Waals surface area contributed by atoms with E-state index in [2.05, 4.69) is 5.32 Å². The summed E-state index contributed by atoms with van der Waals surface area (Å²) in [5, 5.41) is 11.5. The van der Waals surface area contributed by atoms with Crippen LogP contribution < -0.4 is 5.32 Å². The minimum atomic E-state index is -0.955. The molecule has 5 nitrogen and oxygen atoms in total. The van der Waals surface area contributed by atoms with Crippen molar-refractivity contribution in [3.8, 4) is 6.07 Å². The molecule has 0 aromatic heterocycles.